The Labute approximate surface area is 183 Å². The number of nitrogens with zero attached hydrogens (tertiary/aromatic N) is 2. The summed E-state index contributed by atoms with van der Waals surface area (Å²) in [6.45, 7) is 1.95. The Bertz CT molecular complexity index is 1240. The van der Waals surface area contributed by atoms with Gasteiger partial charge in [0.1, 0.15) is 5.82 Å². The summed E-state index contributed by atoms with van der Waals surface area (Å²) in [5.41, 5.74) is 10.8. The predicted octanol–water partition coefficient (Wildman–Crippen LogP) is 4.69. The molecule has 2 heterocycles. The Kier molecular flexibility index (Phi) is 5.68. The van der Waals surface area contributed by atoms with E-state index in [-0.39, 0.29) is 6.42 Å². The van der Waals surface area contributed by atoms with Gasteiger partial charge in [0, 0.05) is 39.6 Å². The summed E-state index contributed by atoms with van der Waals surface area (Å²) in [5.74, 6) is -0.395. The molecular weight excluding hydrogens is 410 g/mol. The number of carbonyl (C=O) groups is 2. The van der Waals surface area contributed by atoms with Gasteiger partial charge in [0.05, 0.1) is 6.42 Å². The minimum atomic E-state index is -0.829. The number of aliphatic carboxylic acids is 1. The van der Waals surface area contributed by atoms with Crippen molar-refractivity contribution in [1.29, 1.82) is 0 Å². The lowest BCUT2D eigenvalue weighted by molar-refractivity contribution is -0.136. The Balaban J connectivity index is 1.76. The van der Waals surface area contributed by atoms with Crippen molar-refractivity contribution in [2.24, 2.45) is 5.73 Å². The molecule has 6 nitrogen and oxygen atoms in total. The Hall–Kier alpha value is -3.71. The van der Waals surface area contributed by atoms with Gasteiger partial charge in [-0.1, -0.05) is 24.3 Å². The summed E-state index contributed by atoms with van der Waals surface area (Å²) in [6, 6.07) is 15.3. The Morgan fingerprint density at radius 3 is 2.32 bits per heavy atom. The zero-order chi connectivity index (χ0) is 22.0. The maximum atomic E-state index is 11.4. The third kappa shape index (κ3) is 4.27. The number of thiophene rings is 1. The molecule has 1 amide bonds. The molecule has 0 aliphatic rings. The van der Waals surface area contributed by atoms with E-state index in [2.05, 4.69) is 22.5 Å². The molecule has 0 saturated carbocycles. The first kappa shape index (κ1) is 20.6. The highest BCUT2D eigenvalue weighted by Gasteiger charge is 2.17. The van der Waals surface area contributed by atoms with Crippen LogP contribution in [0.4, 0.5) is 0 Å². The van der Waals surface area contributed by atoms with Crippen molar-refractivity contribution >= 4 is 23.2 Å². The minimum absolute atomic E-state index is 0.0607. The summed E-state index contributed by atoms with van der Waals surface area (Å²) in [7, 11) is 0. The first-order valence-corrected chi connectivity index (χ1v) is 10.6. The van der Waals surface area contributed by atoms with E-state index in [1.54, 1.807) is 29.7 Å². The first-order chi connectivity index (χ1) is 14.9. The van der Waals surface area contributed by atoms with Crippen LogP contribution in [-0.4, -0.2) is 26.5 Å². The van der Waals surface area contributed by atoms with Gasteiger partial charge in [-0.3, -0.25) is 9.59 Å². The number of carboxylic acid groups (broad SMARTS) is 1. The molecule has 0 unspecified atom stereocenters. The molecule has 4 rings (SSSR count). The molecule has 0 spiro atoms. The van der Waals surface area contributed by atoms with Crippen LogP contribution in [0.25, 0.3) is 27.9 Å². The van der Waals surface area contributed by atoms with Gasteiger partial charge in [-0.05, 0) is 54.1 Å². The molecule has 0 bridgehead atoms. The molecule has 0 aliphatic carbocycles. The number of imidazole rings is 1. The summed E-state index contributed by atoms with van der Waals surface area (Å²) in [5, 5.41) is 11.2. The van der Waals surface area contributed by atoms with Crippen LogP contribution in [-0.2, 0) is 11.2 Å². The van der Waals surface area contributed by atoms with E-state index in [9.17, 15) is 9.59 Å². The molecule has 156 valence electrons. The van der Waals surface area contributed by atoms with E-state index >= 15 is 0 Å². The summed E-state index contributed by atoms with van der Waals surface area (Å²) >= 11 is 1.55. The zero-order valence-electron chi connectivity index (χ0n) is 16.9. The van der Waals surface area contributed by atoms with Gasteiger partial charge in [0.15, 0.2) is 0 Å². The van der Waals surface area contributed by atoms with E-state index in [1.807, 2.05) is 42.0 Å². The Morgan fingerprint density at radius 2 is 1.74 bits per heavy atom. The monoisotopic (exact) mass is 431 g/mol. The van der Waals surface area contributed by atoms with Crippen molar-refractivity contribution < 1.29 is 14.7 Å². The number of rotatable bonds is 7. The van der Waals surface area contributed by atoms with Crippen molar-refractivity contribution in [3.05, 3.63) is 82.6 Å². The molecule has 4 aromatic rings. The SMILES string of the molecule is Cc1nccn1-c1ccc(-c2csc(CCC(=O)O)c2-c2ccc(C(N)=O)cc2)cc1. The van der Waals surface area contributed by atoms with Crippen molar-refractivity contribution in [3.63, 3.8) is 0 Å². The predicted molar refractivity (Wildman–Crippen MR) is 122 cm³/mol. The van der Waals surface area contributed by atoms with Gasteiger partial charge in [-0.2, -0.15) is 0 Å². The van der Waals surface area contributed by atoms with Gasteiger partial charge < -0.3 is 15.4 Å². The van der Waals surface area contributed by atoms with E-state index in [0.717, 1.165) is 38.6 Å². The van der Waals surface area contributed by atoms with Gasteiger partial charge in [-0.25, -0.2) is 4.98 Å². The average Bonchev–Trinajstić information content (AvgIpc) is 3.38. The van der Waals surface area contributed by atoms with Crippen molar-refractivity contribution in [2.75, 3.05) is 0 Å². The molecule has 0 saturated heterocycles. The molecule has 0 aliphatic heterocycles. The normalized spacial score (nSPS) is 10.9. The number of primary amides is 1. The van der Waals surface area contributed by atoms with Gasteiger partial charge >= 0.3 is 5.97 Å². The molecular formula is C24H21N3O3S. The lowest BCUT2D eigenvalue weighted by Gasteiger charge is -2.10. The second-order valence-electron chi connectivity index (χ2n) is 7.17. The second kappa shape index (κ2) is 8.57. The largest absolute Gasteiger partial charge is 0.481 e. The number of aromatic nitrogens is 2. The van der Waals surface area contributed by atoms with Crippen LogP contribution in [0.1, 0.15) is 27.5 Å². The van der Waals surface area contributed by atoms with Gasteiger partial charge in [0.2, 0.25) is 5.91 Å². The zero-order valence-corrected chi connectivity index (χ0v) is 17.7. The minimum Gasteiger partial charge on any atom is -0.481 e. The highest BCUT2D eigenvalue weighted by atomic mass is 32.1. The van der Waals surface area contributed by atoms with Crippen molar-refractivity contribution in [2.45, 2.75) is 19.8 Å². The summed E-state index contributed by atoms with van der Waals surface area (Å²) in [6.07, 6.45) is 4.19. The number of carboxylic acids is 1. The molecule has 3 N–H and O–H groups in total. The lowest BCUT2D eigenvalue weighted by Crippen LogP contribution is -2.10. The van der Waals surface area contributed by atoms with Crippen LogP contribution >= 0.6 is 11.3 Å². The lowest BCUT2D eigenvalue weighted by atomic mass is 9.95. The van der Waals surface area contributed by atoms with Crippen molar-refractivity contribution in [3.8, 4) is 27.9 Å². The second-order valence-corrected chi connectivity index (χ2v) is 8.14. The molecule has 2 aromatic carbocycles. The number of amides is 1. The maximum Gasteiger partial charge on any atom is 0.303 e. The highest BCUT2D eigenvalue weighted by Crippen LogP contribution is 2.40. The average molecular weight is 432 g/mol. The van der Waals surface area contributed by atoms with Crippen molar-refractivity contribution in [1.82, 2.24) is 9.55 Å². The number of nitrogens with two attached hydrogens (primary N) is 1. The van der Waals surface area contributed by atoms with E-state index < -0.39 is 11.9 Å². The molecule has 7 heteroatoms. The topological polar surface area (TPSA) is 98.2 Å². The number of hydrogen-bond acceptors (Lipinski definition) is 4. The number of hydrogen-bond donors (Lipinski definition) is 2. The van der Waals surface area contributed by atoms with Crippen LogP contribution in [0.15, 0.2) is 66.3 Å². The smallest absolute Gasteiger partial charge is 0.303 e. The third-order valence-electron chi connectivity index (χ3n) is 5.17. The van der Waals surface area contributed by atoms with Crippen LogP contribution in [0, 0.1) is 6.92 Å². The molecule has 2 aromatic heterocycles. The highest BCUT2D eigenvalue weighted by molar-refractivity contribution is 7.11. The fraction of sp³-hybridized carbons (Fsp3) is 0.125. The molecule has 0 fully saturated rings. The maximum absolute atomic E-state index is 11.4. The number of carbonyl (C=O) groups excluding carboxylic acids is 1. The summed E-state index contributed by atoms with van der Waals surface area (Å²) in [4.78, 5) is 27.8. The third-order valence-corrected chi connectivity index (χ3v) is 6.22. The molecule has 31 heavy (non-hydrogen) atoms. The number of benzene rings is 2. The van der Waals surface area contributed by atoms with Gasteiger partial charge in [-0.15, -0.1) is 11.3 Å². The molecule has 0 atom stereocenters. The number of aryl methyl sites for hydroxylation is 2. The van der Waals surface area contributed by atoms with Crippen LogP contribution in [0.5, 0.6) is 0 Å². The van der Waals surface area contributed by atoms with Crippen LogP contribution in [0.3, 0.4) is 0 Å². The van der Waals surface area contributed by atoms with E-state index in [0.29, 0.717) is 12.0 Å². The standard InChI is InChI=1S/C24H21N3O3S/c1-15-26-12-13-27(15)19-8-6-16(7-9-19)20-14-31-21(10-11-22(28)29)23(20)17-2-4-18(5-3-17)24(25)30/h2-9,12-14H,10-11H2,1H3,(H2,25,30)(H,28,29). The van der Waals surface area contributed by atoms with Crippen LogP contribution < -0.4 is 5.73 Å². The quantitative estimate of drug-likeness (QED) is 0.443. The molecule has 0 radical (unpaired) electrons. The van der Waals surface area contributed by atoms with Crippen LogP contribution in [0.2, 0.25) is 0 Å². The fourth-order valence-electron chi connectivity index (χ4n) is 3.58. The summed E-state index contributed by atoms with van der Waals surface area (Å²) < 4.78 is 2.01. The first-order valence-electron chi connectivity index (χ1n) is 9.77. The fourth-order valence-corrected chi connectivity index (χ4v) is 4.66. The van der Waals surface area contributed by atoms with Gasteiger partial charge in [0.25, 0.3) is 0 Å². The Morgan fingerprint density at radius 1 is 1.06 bits per heavy atom. The van der Waals surface area contributed by atoms with E-state index in [4.69, 9.17) is 10.8 Å². The van der Waals surface area contributed by atoms with E-state index in [1.165, 1.54) is 0 Å².